The number of carbonyl (C=O) groups is 2. The van der Waals surface area contributed by atoms with Gasteiger partial charge >= 0.3 is 6.03 Å². The van der Waals surface area contributed by atoms with Crippen molar-refractivity contribution in [3.8, 4) is 0 Å². The van der Waals surface area contributed by atoms with Crippen molar-refractivity contribution < 1.29 is 33.7 Å². The van der Waals surface area contributed by atoms with Crippen LogP contribution in [0.3, 0.4) is 0 Å². The molecule has 2 saturated heterocycles. The number of nitrogens with zero attached hydrogens (tertiary/aromatic N) is 5. The van der Waals surface area contributed by atoms with Crippen LogP contribution in [0.2, 0.25) is 0 Å². The number of hydrogen-bond acceptors (Lipinski definition) is 8. The van der Waals surface area contributed by atoms with Crippen LogP contribution in [0, 0.1) is 0 Å². The van der Waals surface area contributed by atoms with E-state index in [9.17, 15) is 24.2 Å². The molecule has 3 heterocycles. The van der Waals surface area contributed by atoms with Gasteiger partial charge in [-0.3, -0.25) is 9.69 Å². The molecular weight excluding hydrogens is 381 g/mol. The third kappa shape index (κ3) is 3.37. The molecule has 5 N–H and O–H groups in total. The molecule has 0 aromatic carbocycles. The van der Waals surface area contributed by atoms with Gasteiger partial charge in [0.25, 0.3) is 5.91 Å². The molecule has 5 atom stereocenters. The molecule has 0 aromatic rings. The molecule has 28 heavy (non-hydrogen) atoms. The van der Waals surface area contributed by atoms with Crippen LogP contribution in [0.25, 0.3) is 10.4 Å². The number of urea groups is 1. The molecule has 0 spiro atoms. The summed E-state index contributed by atoms with van der Waals surface area (Å²) >= 11 is 0. The summed E-state index contributed by atoms with van der Waals surface area (Å²) in [5.41, 5.74) is 12.1. The molecule has 2 fully saturated rings. The van der Waals surface area contributed by atoms with Gasteiger partial charge in [-0.1, -0.05) is 5.11 Å². The Kier molecular flexibility index (Phi) is 5.69. The van der Waals surface area contributed by atoms with Crippen molar-refractivity contribution in [1.82, 2.24) is 15.1 Å². The number of morpholine rings is 1. The van der Waals surface area contributed by atoms with Crippen molar-refractivity contribution in [2.24, 2.45) is 10.8 Å². The number of aliphatic hydroxyl groups is 2. The van der Waals surface area contributed by atoms with Gasteiger partial charge in [-0.25, -0.2) is 9.18 Å². The summed E-state index contributed by atoms with van der Waals surface area (Å²) in [6, 6.07) is -0.888. The summed E-state index contributed by atoms with van der Waals surface area (Å²) in [6.07, 6.45) is -6.12. The minimum atomic E-state index is -2.30. The van der Waals surface area contributed by atoms with Gasteiger partial charge in [-0.2, -0.15) is 0 Å². The van der Waals surface area contributed by atoms with Gasteiger partial charge in [0.1, 0.15) is 12.3 Å². The predicted molar refractivity (Wildman–Crippen MR) is 88.6 cm³/mol. The maximum Gasteiger partial charge on any atom is 0.325 e. The monoisotopic (exact) mass is 401 g/mol. The van der Waals surface area contributed by atoms with E-state index in [1.54, 1.807) is 0 Å². The van der Waals surface area contributed by atoms with Gasteiger partial charge in [0.05, 0.1) is 25.4 Å². The lowest BCUT2D eigenvalue weighted by Crippen LogP contribution is -2.59. The number of aliphatic hydroxyl groups excluding tert-OH is 2. The second-order valence-electron chi connectivity index (χ2n) is 6.41. The highest BCUT2D eigenvalue weighted by Gasteiger charge is 2.58. The molecule has 13 nitrogen and oxygen atoms in total. The lowest BCUT2D eigenvalue weighted by molar-refractivity contribution is -0.133. The van der Waals surface area contributed by atoms with E-state index in [-0.39, 0.29) is 5.57 Å². The zero-order valence-electron chi connectivity index (χ0n) is 14.6. The van der Waals surface area contributed by atoms with E-state index < -0.39 is 48.9 Å². The number of carbonyl (C=O) groups excluding carboxylic acids is 2. The summed E-state index contributed by atoms with van der Waals surface area (Å²) in [4.78, 5) is 29.6. The number of halogens is 1. The molecule has 0 saturated carbocycles. The average Bonchev–Trinajstić information content (AvgIpc) is 2.94. The Labute approximate surface area is 158 Å². The largest absolute Gasteiger partial charge is 0.393 e. The van der Waals surface area contributed by atoms with Gasteiger partial charge in [0.15, 0.2) is 12.4 Å². The summed E-state index contributed by atoms with van der Waals surface area (Å²) < 4.78 is 25.1. The fourth-order valence-electron chi connectivity index (χ4n) is 3.18. The van der Waals surface area contributed by atoms with Crippen LogP contribution in [0.15, 0.2) is 16.9 Å². The van der Waals surface area contributed by atoms with Crippen molar-refractivity contribution in [3.63, 3.8) is 0 Å². The molecule has 0 radical (unpaired) electrons. The summed E-state index contributed by atoms with van der Waals surface area (Å²) in [5, 5.41) is 24.9. The average molecular weight is 401 g/mol. The van der Waals surface area contributed by atoms with Crippen molar-refractivity contribution >= 4 is 11.9 Å². The Morgan fingerprint density at radius 3 is 2.82 bits per heavy atom. The van der Waals surface area contributed by atoms with E-state index in [2.05, 4.69) is 15.3 Å². The molecule has 14 heteroatoms. The van der Waals surface area contributed by atoms with Crippen molar-refractivity contribution in [3.05, 3.63) is 22.2 Å². The Bertz CT molecular complexity index is 725. The van der Waals surface area contributed by atoms with Crippen LogP contribution in [-0.2, 0) is 14.3 Å². The maximum absolute atomic E-state index is 14.7. The predicted octanol–water partition coefficient (Wildman–Crippen LogP) is -1.91. The minimum Gasteiger partial charge on any atom is -0.393 e. The zero-order valence-corrected chi connectivity index (χ0v) is 14.6. The number of nitrogens with two attached hydrogens (primary N) is 1. The number of rotatable bonds is 4. The lowest BCUT2D eigenvalue weighted by Gasteiger charge is -2.36. The number of amides is 3. The second-order valence-corrected chi connectivity index (χ2v) is 6.41. The first kappa shape index (κ1) is 20.3. The molecule has 3 aliphatic rings. The highest BCUT2D eigenvalue weighted by molar-refractivity contribution is 5.97. The van der Waals surface area contributed by atoms with E-state index in [4.69, 9.17) is 20.7 Å². The van der Waals surface area contributed by atoms with Crippen LogP contribution < -0.4 is 11.1 Å². The van der Waals surface area contributed by atoms with Crippen LogP contribution >= 0.6 is 0 Å². The minimum absolute atomic E-state index is 0.0305. The highest BCUT2D eigenvalue weighted by atomic mass is 19.1. The number of ether oxygens (including phenoxy) is 2. The van der Waals surface area contributed by atoms with Crippen LogP contribution in [0.1, 0.15) is 0 Å². The molecule has 0 aromatic heterocycles. The molecule has 3 aliphatic heterocycles. The Morgan fingerprint density at radius 2 is 2.21 bits per heavy atom. The van der Waals surface area contributed by atoms with Gasteiger partial charge in [0.2, 0.25) is 5.72 Å². The first-order valence-corrected chi connectivity index (χ1v) is 8.45. The normalized spacial score (nSPS) is 35.9. The smallest absolute Gasteiger partial charge is 0.325 e. The first-order chi connectivity index (χ1) is 13.3. The Hall–Kier alpha value is -2.48. The number of hydrogen-bond donors (Lipinski definition) is 4. The van der Waals surface area contributed by atoms with E-state index >= 15 is 0 Å². The number of azide groups is 1. The van der Waals surface area contributed by atoms with Crippen molar-refractivity contribution in [2.75, 3.05) is 32.9 Å². The van der Waals surface area contributed by atoms with Gasteiger partial charge in [0, 0.05) is 24.2 Å². The molecule has 3 rings (SSSR count). The third-order valence-electron chi connectivity index (χ3n) is 4.75. The Morgan fingerprint density at radius 1 is 1.54 bits per heavy atom. The molecule has 1 unspecified atom stereocenters. The van der Waals surface area contributed by atoms with Gasteiger partial charge in [-0.05, 0) is 5.53 Å². The Balaban J connectivity index is 1.89. The molecule has 154 valence electrons. The third-order valence-corrected chi connectivity index (χ3v) is 4.75. The van der Waals surface area contributed by atoms with Gasteiger partial charge in [-0.15, -0.1) is 0 Å². The SMILES string of the molecule is [N-]=[N+]=N[C@]1(CO)O[C@@H](N2C=C(C(=O)N3CCOCC3)C(N)NC2=O)[C@@H](F)[C@@H]1O. The summed E-state index contributed by atoms with van der Waals surface area (Å²) in [5.74, 6) is -0.474. The quantitative estimate of drug-likeness (QED) is 0.240. The number of alkyl halides is 1. The van der Waals surface area contributed by atoms with Crippen molar-refractivity contribution in [1.29, 1.82) is 0 Å². The van der Waals surface area contributed by atoms with E-state index in [1.165, 1.54) is 4.90 Å². The standard InChI is InChI=1S/C14H20FN7O6/c15-8-9(24)14(6-23,19-20-17)28-12(8)22-5-7(10(16)18-13(22)26)11(25)21-1-3-27-4-2-21/h5,8-10,12,23-24H,1-4,6,16H2,(H,18,26)/t8-,9-,10?,12+,14+/m0/s1. The van der Waals surface area contributed by atoms with Crippen LogP contribution in [0.5, 0.6) is 0 Å². The summed E-state index contributed by atoms with van der Waals surface area (Å²) in [7, 11) is 0. The molecule has 0 bridgehead atoms. The van der Waals surface area contributed by atoms with Crippen LogP contribution in [0.4, 0.5) is 9.18 Å². The fraction of sp³-hybridized carbons (Fsp3) is 0.714. The topological polar surface area (TPSA) is 186 Å². The maximum atomic E-state index is 14.7. The molecule has 0 aliphatic carbocycles. The fourth-order valence-corrected chi connectivity index (χ4v) is 3.18. The van der Waals surface area contributed by atoms with E-state index in [0.29, 0.717) is 31.2 Å². The molecule has 3 amide bonds. The van der Waals surface area contributed by atoms with Crippen molar-refractivity contribution in [2.45, 2.75) is 30.4 Å². The van der Waals surface area contributed by atoms with Gasteiger partial charge < -0.3 is 35.6 Å². The lowest BCUT2D eigenvalue weighted by atomic mass is 10.1. The summed E-state index contributed by atoms with van der Waals surface area (Å²) in [6.45, 7) is 0.324. The number of nitrogens with one attached hydrogen (secondary N) is 1. The van der Waals surface area contributed by atoms with E-state index in [0.717, 1.165) is 6.20 Å². The highest BCUT2D eigenvalue weighted by Crippen LogP contribution is 2.37. The zero-order chi connectivity index (χ0) is 20.5. The first-order valence-electron chi connectivity index (χ1n) is 8.45. The second kappa shape index (κ2) is 7.87. The van der Waals surface area contributed by atoms with Crippen LogP contribution in [-0.4, -0.2) is 95.3 Å². The van der Waals surface area contributed by atoms with E-state index in [1.807, 2.05) is 0 Å². The molecular formula is C14H20FN7O6.